The Balaban J connectivity index is 2.41. The second-order valence-electron chi connectivity index (χ2n) is 2.99. The number of halogens is 1. The highest BCUT2D eigenvalue weighted by atomic mass is 19.1. The molecule has 2 N–H and O–H groups in total. The highest BCUT2D eigenvalue weighted by molar-refractivity contribution is 5.30. The molecule has 0 radical (unpaired) electrons. The van der Waals surface area contributed by atoms with Crippen LogP contribution in [0.5, 0.6) is 0 Å². The number of nitrogens with two attached hydrogens (primary N) is 1. The Labute approximate surface area is 85.7 Å². The third-order valence-electron chi connectivity index (χ3n) is 1.98. The van der Waals surface area contributed by atoms with E-state index in [-0.39, 0.29) is 12.4 Å². The van der Waals surface area contributed by atoms with Crippen molar-refractivity contribution in [2.75, 3.05) is 6.54 Å². The fourth-order valence-corrected chi connectivity index (χ4v) is 1.25. The topological polar surface area (TPSA) is 69.6 Å². The van der Waals surface area contributed by atoms with Crippen molar-refractivity contribution >= 4 is 0 Å². The highest BCUT2D eigenvalue weighted by Crippen LogP contribution is 2.15. The second-order valence-corrected chi connectivity index (χ2v) is 2.99. The van der Waals surface area contributed by atoms with Gasteiger partial charge in [0.2, 0.25) is 0 Å². The van der Waals surface area contributed by atoms with Gasteiger partial charge in [-0.15, -0.1) is 5.10 Å². The van der Waals surface area contributed by atoms with Crippen molar-refractivity contribution in [3.05, 3.63) is 36.2 Å². The predicted molar refractivity (Wildman–Crippen MR) is 52.1 cm³/mol. The molecule has 2 rings (SSSR count). The number of benzene rings is 1. The number of hydrogen-bond donors (Lipinski definition) is 1. The average Bonchev–Trinajstić information content (AvgIpc) is 2.78. The monoisotopic (exact) mass is 207 g/mol. The second kappa shape index (κ2) is 4.14. The van der Waals surface area contributed by atoms with Crippen LogP contribution < -0.4 is 5.73 Å². The normalized spacial score (nSPS) is 12.7. The molecule has 0 fully saturated rings. The van der Waals surface area contributed by atoms with Crippen molar-refractivity contribution in [3.63, 3.8) is 0 Å². The Morgan fingerprint density at radius 2 is 2.07 bits per heavy atom. The molecule has 0 saturated heterocycles. The molecule has 0 amide bonds. The van der Waals surface area contributed by atoms with Crippen LogP contribution in [-0.2, 0) is 0 Å². The fourth-order valence-electron chi connectivity index (χ4n) is 1.25. The van der Waals surface area contributed by atoms with Crippen LogP contribution in [0.15, 0.2) is 30.3 Å². The van der Waals surface area contributed by atoms with Crippen LogP contribution in [0.1, 0.15) is 12.0 Å². The summed E-state index contributed by atoms with van der Waals surface area (Å²) in [5.74, 6) is 0.128. The zero-order valence-electron chi connectivity index (χ0n) is 7.92. The zero-order valence-corrected chi connectivity index (χ0v) is 7.92. The molecule has 78 valence electrons. The van der Waals surface area contributed by atoms with E-state index in [0.29, 0.717) is 5.69 Å². The lowest BCUT2D eigenvalue weighted by Crippen LogP contribution is -2.13. The molecule has 0 aliphatic heterocycles. The minimum absolute atomic E-state index is 0.128. The summed E-state index contributed by atoms with van der Waals surface area (Å²) in [5, 5.41) is 10.8. The van der Waals surface area contributed by atoms with Gasteiger partial charge in [-0.1, -0.05) is 18.2 Å². The van der Waals surface area contributed by atoms with Crippen LogP contribution in [0.2, 0.25) is 0 Å². The van der Waals surface area contributed by atoms with Gasteiger partial charge in [-0.05, 0) is 22.6 Å². The number of rotatable bonds is 3. The van der Waals surface area contributed by atoms with Gasteiger partial charge in [0.05, 0.1) is 5.69 Å². The molecule has 15 heavy (non-hydrogen) atoms. The number of nitrogens with zero attached hydrogens (tertiary/aromatic N) is 4. The molecule has 1 aromatic heterocycles. The van der Waals surface area contributed by atoms with Gasteiger partial charge in [-0.3, -0.25) is 0 Å². The van der Waals surface area contributed by atoms with Gasteiger partial charge in [0.25, 0.3) is 0 Å². The van der Waals surface area contributed by atoms with Crippen molar-refractivity contribution in [2.45, 2.75) is 6.17 Å². The summed E-state index contributed by atoms with van der Waals surface area (Å²) in [7, 11) is 0. The van der Waals surface area contributed by atoms with E-state index < -0.39 is 6.17 Å². The first-order valence-corrected chi connectivity index (χ1v) is 4.50. The van der Waals surface area contributed by atoms with Crippen molar-refractivity contribution < 1.29 is 4.39 Å². The van der Waals surface area contributed by atoms with Crippen molar-refractivity contribution in [1.82, 2.24) is 20.2 Å². The minimum atomic E-state index is -1.35. The van der Waals surface area contributed by atoms with Gasteiger partial charge in [0.15, 0.2) is 12.0 Å². The number of tetrazole rings is 1. The summed E-state index contributed by atoms with van der Waals surface area (Å²) in [5.41, 5.74) is 5.94. The van der Waals surface area contributed by atoms with E-state index in [1.165, 1.54) is 4.68 Å². The summed E-state index contributed by atoms with van der Waals surface area (Å²) in [6, 6.07) is 9.11. The summed E-state index contributed by atoms with van der Waals surface area (Å²) < 4.78 is 14.7. The van der Waals surface area contributed by atoms with E-state index in [4.69, 9.17) is 5.73 Å². The van der Waals surface area contributed by atoms with Crippen LogP contribution in [0, 0.1) is 0 Å². The summed E-state index contributed by atoms with van der Waals surface area (Å²) >= 11 is 0. The van der Waals surface area contributed by atoms with Crippen molar-refractivity contribution in [2.24, 2.45) is 5.73 Å². The molecular formula is C9H10FN5. The quantitative estimate of drug-likeness (QED) is 0.801. The lowest BCUT2D eigenvalue weighted by molar-refractivity contribution is 0.330. The van der Waals surface area contributed by atoms with E-state index in [1.54, 1.807) is 12.1 Å². The molecule has 1 unspecified atom stereocenters. The van der Waals surface area contributed by atoms with Gasteiger partial charge in [0.1, 0.15) is 0 Å². The van der Waals surface area contributed by atoms with Crippen LogP contribution in [-0.4, -0.2) is 26.8 Å². The fraction of sp³-hybridized carbons (Fsp3) is 0.222. The number of hydrogen-bond acceptors (Lipinski definition) is 4. The van der Waals surface area contributed by atoms with Gasteiger partial charge >= 0.3 is 0 Å². The molecule has 2 aromatic rings. The van der Waals surface area contributed by atoms with Gasteiger partial charge in [-0.25, -0.2) is 4.39 Å². The first kappa shape index (κ1) is 9.72. The van der Waals surface area contributed by atoms with Gasteiger partial charge in [0, 0.05) is 6.54 Å². The number of aromatic nitrogens is 4. The number of alkyl halides is 1. The molecule has 0 aliphatic carbocycles. The van der Waals surface area contributed by atoms with Crippen LogP contribution >= 0.6 is 0 Å². The van der Waals surface area contributed by atoms with E-state index in [2.05, 4.69) is 15.5 Å². The molecule has 0 bridgehead atoms. The maximum atomic E-state index is 13.4. The molecule has 0 spiro atoms. The summed E-state index contributed by atoms with van der Waals surface area (Å²) in [4.78, 5) is 0. The first-order chi connectivity index (χ1) is 7.33. The Kier molecular flexibility index (Phi) is 2.68. The highest BCUT2D eigenvalue weighted by Gasteiger charge is 2.17. The Morgan fingerprint density at radius 3 is 2.73 bits per heavy atom. The molecule has 5 nitrogen and oxygen atoms in total. The molecule has 1 aromatic carbocycles. The third-order valence-corrected chi connectivity index (χ3v) is 1.98. The van der Waals surface area contributed by atoms with E-state index in [0.717, 1.165) is 0 Å². The zero-order chi connectivity index (χ0) is 10.7. The lowest BCUT2D eigenvalue weighted by atomic mass is 10.3. The van der Waals surface area contributed by atoms with Gasteiger partial charge < -0.3 is 5.73 Å². The largest absolute Gasteiger partial charge is 0.327 e. The lowest BCUT2D eigenvalue weighted by Gasteiger charge is -2.05. The standard InChI is InChI=1S/C9H10FN5/c10-8(6-11)9-12-13-14-15(9)7-4-2-1-3-5-7/h1-5,8H,6,11H2. The molecular weight excluding hydrogens is 197 g/mol. The summed E-state index contributed by atoms with van der Waals surface area (Å²) in [6.07, 6.45) is -1.35. The Hall–Kier alpha value is -1.82. The average molecular weight is 207 g/mol. The van der Waals surface area contributed by atoms with Crippen LogP contribution in [0.4, 0.5) is 4.39 Å². The van der Waals surface area contributed by atoms with E-state index in [1.807, 2.05) is 18.2 Å². The maximum Gasteiger partial charge on any atom is 0.192 e. The third kappa shape index (κ3) is 1.84. The van der Waals surface area contributed by atoms with Crippen LogP contribution in [0.25, 0.3) is 5.69 Å². The maximum absolute atomic E-state index is 13.4. The Bertz CT molecular complexity index is 427. The molecule has 1 heterocycles. The van der Waals surface area contributed by atoms with Crippen molar-refractivity contribution in [1.29, 1.82) is 0 Å². The molecule has 0 saturated carbocycles. The molecule has 6 heteroatoms. The SMILES string of the molecule is NCC(F)c1nnnn1-c1ccccc1. The smallest absolute Gasteiger partial charge is 0.192 e. The predicted octanol–water partition coefficient (Wildman–Crippen LogP) is 0.632. The van der Waals surface area contributed by atoms with Crippen LogP contribution in [0.3, 0.4) is 0 Å². The minimum Gasteiger partial charge on any atom is -0.327 e. The first-order valence-electron chi connectivity index (χ1n) is 4.50. The van der Waals surface area contributed by atoms with Crippen molar-refractivity contribution in [3.8, 4) is 5.69 Å². The molecule has 1 atom stereocenters. The van der Waals surface area contributed by atoms with E-state index in [9.17, 15) is 4.39 Å². The van der Waals surface area contributed by atoms with Gasteiger partial charge in [-0.2, -0.15) is 4.68 Å². The Morgan fingerprint density at radius 1 is 1.33 bits per heavy atom. The summed E-state index contributed by atoms with van der Waals surface area (Å²) in [6.45, 7) is -0.132. The molecule has 0 aliphatic rings. The number of para-hydroxylation sites is 1. The van der Waals surface area contributed by atoms with E-state index >= 15 is 0 Å².